The van der Waals surface area contributed by atoms with Gasteiger partial charge in [-0.3, -0.25) is 4.79 Å². The maximum absolute atomic E-state index is 12.3. The third kappa shape index (κ3) is 5.48. The summed E-state index contributed by atoms with van der Waals surface area (Å²) in [7, 11) is -2.15. The molecule has 1 aliphatic heterocycles. The molecule has 126 valence electrons. The molecule has 0 spiro atoms. The van der Waals surface area contributed by atoms with Crippen molar-refractivity contribution in [2.75, 3.05) is 26.7 Å². The molecule has 0 N–H and O–H groups in total. The van der Waals surface area contributed by atoms with Gasteiger partial charge in [0, 0.05) is 25.5 Å². The first-order chi connectivity index (χ1) is 11.0. The Morgan fingerprint density at radius 2 is 1.74 bits per heavy atom. The minimum absolute atomic E-state index is 0.110. The van der Waals surface area contributed by atoms with E-state index in [0.717, 1.165) is 54.0 Å². The first kappa shape index (κ1) is 17.7. The molecular weight excluding hydrogens is 312 g/mol. The first-order valence-electron chi connectivity index (χ1n) is 7.96. The topological polar surface area (TPSA) is 57.7 Å². The maximum Gasteiger partial charge on any atom is 0.237 e. The largest absolute Gasteiger partial charge is 0.342 e. The lowest BCUT2D eigenvalue weighted by Crippen LogP contribution is -2.41. The summed E-state index contributed by atoms with van der Waals surface area (Å²) in [6, 6.07) is 9.22. The summed E-state index contributed by atoms with van der Waals surface area (Å²) in [5, 5.41) is 1.15. The molecule has 23 heavy (non-hydrogen) atoms. The lowest BCUT2D eigenvalue weighted by atomic mass is 10.2. The molecule has 0 unspecified atom stereocenters. The second-order valence-electron chi connectivity index (χ2n) is 5.81. The van der Waals surface area contributed by atoms with E-state index < -0.39 is 10.0 Å². The van der Waals surface area contributed by atoms with E-state index in [0.29, 0.717) is 0 Å². The van der Waals surface area contributed by atoms with Crippen LogP contribution in [0.25, 0.3) is 6.08 Å². The van der Waals surface area contributed by atoms with Gasteiger partial charge < -0.3 is 4.90 Å². The highest BCUT2D eigenvalue weighted by molar-refractivity contribution is 7.92. The van der Waals surface area contributed by atoms with Gasteiger partial charge in [0.25, 0.3) is 0 Å². The molecular formula is C17H24N2O3S. The lowest BCUT2D eigenvalue weighted by Gasteiger charge is -2.23. The van der Waals surface area contributed by atoms with Crippen LogP contribution in [0.1, 0.15) is 31.2 Å². The summed E-state index contributed by atoms with van der Waals surface area (Å²) in [6.45, 7) is 1.35. The summed E-state index contributed by atoms with van der Waals surface area (Å²) in [6.07, 6.45) is 5.81. The summed E-state index contributed by atoms with van der Waals surface area (Å²) >= 11 is 0. The second-order valence-corrected chi connectivity index (χ2v) is 7.73. The number of carbonyl (C=O) groups excluding carboxylic acids is 1. The van der Waals surface area contributed by atoms with Gasteiger partial charge in [0.1, 0.15) is 0 Å². The number of likely N-dealkylation sites (tertiary alicyclic amines) is 1. The molecule has 1 fully saturated rings. The van der Waals surface area contributed by atoms with Crippen molar-refractivity contribution in [2.45, 2.75) is 25.7 Å². The van der Waals surface area contributed by atoms with Gasteiger partial charge in [0.2, 0.25) is 15.9 Å². The van der Waals surface area contributed by atoms with Crippen molar-refractivity contribution in [3.05, 3.63) is 41.3 Å². The Bertz CT molecular complexity index is 633. The molecule has 0 aliphatic carbocycles. The third-order valence-corrected chi connectivity index (χ3v) is 5.46. The number of hydrogen-bond acceptors (Lipinski definition) is 3. The van der Waals surface area contributed by atoms with Gasteiger partial charge in [-0.2, -0.15) is 4.31 Å². The van der Waals surface area contributed by atoms with Gasteiger partial charge in [0.05, 0.1) is 6.54 Å². The Morgan fingerprint density at radius 1 is 1.13 bits per heavy atom. The quantitative estimate of drug-likeness (QED) is 0.829. The third-order valence-electron chi connectivity index (χ3n) is 3.98. The maximum atomic E-state index is 12.3. The monoisotopic (exact) mass is 336 g/mol. The van der Waals surface area contributed by atoms with Gasteiger partial charge in [-0.1, -0.05) is 43.2 Å². The number of rotatable bonds is 5. The van der Waals surface area contributed by atoms with Crippen molar-refractivity contribution in [3.8, 4) is 0 Å². The second kappa shape index (κ2) is 8.26. The molecule has 0 saturated carbocycles. The van der Waals surface area contributed by atoms with Crippen molar-refractivity contribution in [2.24, 2.45) is 0 Å². The molecule has 1 aliphatic rings. The molecule has 5 nitrogen and oxygen atoms in total. The summed E-state index contributed by atoms with van der Waals surface area (Å²) in [4.78, 5) is 14.1. The van der Waals surface area contributed by atoms with Crippen LogP contribution in [0.5, 0.6) is 0 Å². The van der Waals surface area contributed by atoms with E-state index in [1.165, 1.54) is 7.05 Å². The van der Waals surface area contributed by atoms with Gasteiger partial charge in [-0.05, 0) is 24.5 Å². The van der Waals surface area contributed by atoms with Gasteiger partial charge >= 0.3 is 0 Å². The molecule has 6 heteroatoms. The van der Waals surface area contributed by atoms with Gasteiger partial charge in [0.15, 0.2) is 0 Å². The van der Waals surface area contributed by atoms with Gasteiger partial charge in [-0.15, -0.1) is 0 Å². The molecule has 0 radical (unpaired) electrons. The lowest BCUT2D eigenvalue weighted by molar-refractivity contribution is -0.131. The number of hydrogen-bond donors (Lipinski definition) is 0. The highest BCUT2D eigenvalue weighted by Gasteiger charge is 2.22. The smallest absolute Gasteiger partial charge is 0.237 e. The predicted molar refractivity (Wildman–Crippen MR) is 92.1 cm³/mol. The zero-order valence-corrected chi connectivity index (χ0v) is 14.3. The van der Waals surface area contributed by atoms with E-state index in [1.54, 1.807) is 11.0 Å². The molecule has 1 saturated heterocycles. The van der Waals surface area contributed by atoms with Crippen LogP contribution < -0.4 is 0 Å². The number of carbonyl (C=O) groups is 1. The molecule has 1 aromatic rings. The number of sulfonamides is 1. The fraction of sp³-hybridized carbons (Fsp3) is 0.471. The first-order valence-corrected chi connectivity index (χ1v) is 9.46. The minimum atomic E-state index is -3.60. The SMILES string of the molecule is CN(CC(=O)N1CCCCCC1)S(=O)(=O)/C=C/c1ccccc1. The average molecular weight is 336 g/mol. The minimum Gasteiger partial charge on any atom is -0.342 e. The number of nitrogens with zero attached hydrogens (tertiary/aromatic N) is 2. The molecule has 0 atom stereocenters. The van der Waals surface area contributed by atoms with Crippen LogP contribution in [0.4, 0.5) is 0 Å². The Hall–Kier alpha value is -1.66. The van der Waals surface area contributed by atoms with Crippen molar-refractivity contribution in [1.82, 2.24) is 9.21 Å². The van der Waals surface area contributed by atoms with E-state index in [9.17, 15) is 13.2 Å². The van der Waals surface area contributed by atoms with Crippen LogP contribution >= 0.6 is 0 Å². The van der Waals surface area contributed by atoms with Gasteiger partial charge in [-0.25, -0.2) is 8.42 Å². The molecule has 1 aromatic carbocycles. The fourth-order valence-corrected chi connectivity index (χ4v) is 3.36. The zero-order valence-electron chi connectivity index (χ0n) is 13.5. The number of benzene rings is 1. The van der Waals surface area contributed by atoms with Crippen molar-refractivity contribution >= 4 is 22.0 Å². The summed E-state index contributed by atoms with van der Waals surface area (Å²) in [5.74, 6) is -0.119. The van der Waals surface area contributed by atoms with Crippen LogP contribution in [0.2, 0.25) is 0 Å². The van der Waals surface area contributed by atoms with Crippen LogP contribution in [0.3, 0.4) is 0 Å². The molecule has 2 rings (SSSR count). The van der Waals surface area contributed by atoms with Crippen LogP contribution in [0.15, 0.2) is 35.7 Å². The highest BCUT2D eigenvalue weighted by Crippen LogP contribution is 2.11. The van der Waals surface area contributed by atoms with E-state index >= 15 is 0 Å². The molecule has 1 heterocycles. The zero-order chi connectivity index (χ0) is 16.7. The highest BCUT2D eigenvalue weighted by atomic mass is 32.2. The normalized spacial score (nSPS) is 16.7. The van der Waals surface area contributed by atoms with E-state index in [-0.39, 0.29) is 12.5 Å². The molecule has 0 aromatic heterocycles. The predicted octanol–water partition coefficient (Wildman–Crippen LogP) is 2.32. The van der Waals surface area contributed by atoms with Crippen LogP contribution in [-0.4, -0.2) is 50.2 Å². The van der Waals surface area contributed by atoms with E-state index in [4.69, 9.17) is 0 Å². The van der Waals surface area contributed by atoms with Crippen LogP contribution in [0, 0.1) is 0 Å². The van der Waals surface area contributed by atoms with Crippen molar-refractivity contribution < 1.29 is 13.2 Å². The van der Waals surface area contributed by atoms with Crippen molar-refractivity contribution in [3.63, 3.8) is 0 Å². The summed E-state index contributed by atoms with van der Waals surface area (Å²) in [5.41, 5.74) is 0.809. The average Bonchev–Trinajstić information content (AvgIpc) is 2.83. The summed E-state index contributed by atoms with van der Waals surface area (Å²) < 4.78 is 25.6. The van der Waals surface area contributed by atoms with Crippen molar-refractivity contribution in [1.29, 1.82) is 0 Å². The molecule has 1 amide bonds. The standard InChI is InChI=1S/C17H24N2O3S/c1-18(15-17(20)19-12-7-2-3-8-13-19)23(21,22)14-11-16-9-5-4-6-10-16/h4-6,9-11,14H,2-3,7-8,12-13,15H2,1H3/b14-11+. The fourth-order valence-electron chi connectivity index (χ4n) is 2.53. The van der Waals surface area contributed by atoms with E-state index in [2.05, 4.69) is 0 Å². The number of likely N-dealkylation sites (N-methyl/N-ethyl adjacent to an activating group) is 1. The van der Waals surface area contributed by atoms with Crippen LogP contribution in [-0.2, 0) is 14.8 Å². The Kier molecular flexibility index (Phi) is 6.36. The Morgan fingerprint density at radius 3 is 2.35 bits per heavy atom. The molecule has 0 bridgehead atoms. The van der Waals surface area contributed by atoms with E-state index in [1.807, 2.05) is 30.3 Å². The Balaban J connectivity index is 1.96. The Labute approximate surface area is 138 Å². The number of amides is 1.